The van der Waals surface area contributed by atoms with Gasteiger partial charge in [-0.1, -0.05) is 19.9 Å². The molecule has 0 amide bonds. The first-order valence-electron chi connectivity index (χ1n) is 9.33. The molecule has 3 heterocycles. The van der Waals surface area contributed by atoms with Crippen LogP contribution in [0.1, 0.15) is 47.4 Å². The van der Waals surface area contributed by atoms with Crippen molar-refractivity contribution in [2.45, 2.75) is 46.7 Å². The minimum absolute atomic E-state index is 0. The Balaban J connectivity index is 0.00000300. The number of pyridine rings is 1. The lowest BCUT2D eigenvalue weighted by Gasteiger charge is -2.11. The highest BCUT2D eigenvalue weighted by Gasteiger charge is 2.07. The van der Waals surface area contributed by atoms with Gasteiger partial charge in [-0.3, -0.25) is 4.99 Å². The first-order valence-corrected chi connectivity index (χ1v) is 10.2. The third-order valence-corrected chi connectivity index (χ3v) is 5.15. The summed E-state index contributed by atoms with van der Waals surface area (Å²) in [6.07, 6.45) is 1.86. The summed E-state index contributed by atoms with van der Waals surface area (Å²) in [6.45, 7) is 9.61. The second-order valence-electron chi connectivity index (χ2n) is 6.96. The molecule has 0 aromatic carbocycles. The highest BCUT2D eigenvalue weighted by Crippen LogP contribution is 2.17. The third kappa shape index (κ3) is 6.23. The van der Waals surface area contributed by atoms with E-state index in [0.29, 0.717) is 19.0 Å². The van der Waals surface area contributed by atoms with Gasteiger partial charge in [-0.05, 0) is 37.5 Å². The van der Waals surface area contributed by atoms with E-state index in [1.165, 1.54) is 0 Å². The van der Waals surface area contributed by atoms with E-state index in [0.717, 1.165) is 39.4 Å². The zero-order valence-corrected chi connectivity index (χ0v) is 20.6. The number of hydrogen-bond acceptors (Lipinski definition) is 5. The van der Waals surface area contributed by atoms with E-state index < -0.39 is 0 Å². The molecule has 0 aliphatic rings. The normalized spacial score (nSPS) is 11.4. The van der Waals surface area contributed by atoms with Gasteiger partial charge in [0, 0.05) is 30.9 Å². The second-order valence-corrected chi connectivity index (χ2v) is 7.91. The molecule has 3 aromatic heterocycles. The van der Waals surface area contributed by atoms with Gasteiger partial charge >= 0.3 is 0 Å². The van der Waals surface area contributed by atoms with Crippen LogP contribution in [-0.4, -0.2) is 32.8 Å². The average molecular weight is 525 g/mol. The number of guanidine groups is 1. The standard InChI is InChI=1S/C20H27N7S.HI/c1-13(2)17-12-28-19(25-17)11-24-20(21-5)23-10-16-6-7-18(22-9-16)27-15(4)8-14(3)26-27;/h6-9,12-13H,10-11H2,1-5H3,(H2,21,23,24);1H. The van der Waals surface area contributed by atoms with Gasteiger partial charge in [-0.25, -0.2) is 14.6 Å². The molecule has 7 nitrogen and oxygen atoms in total. The molecular formula is C20H28IN7S. The van der Waals surface area contributed by atoms with Gasteiger partial charge in [0.2, 0.25) is 0 Å². The van der Waals surface area contributed by atoms with E-state index in [1.807, 2.05) is 36.9 Å². The van der Waals surface area contributed by atoms with Crippen molar-refractivity contribution in [3.8, 4) is 5.82 Å². The lowest BCUT2D eigenvalue weighted by Crippen LogP contribution is -2.36. The van der Waals surface area contributed by atoms with E-state index in [1.54, 1.807) is 18.4 Å². The Kier molecular flexibility index (Phi) is 8.57. The van der Waals surface area contributed by atoms with Crippen molar-refractivity contribution in [2.24, 2.45) is 4.99 Å². The first-order chi connectivity index (χ1) is 13.5. The lowest BCUT2D eigenvalue weighted by atomic mass is 10.2. The van der Waals surface area contributed by atoms with Gasteiger partial charge in [0.05, 0.1) is 17.9 Å². The summed E-state index contributed by atoms with van der Waals surface area (Å²) in [5, 5.41) is 14.3. The van der Waals surface area contributed by atoms with Crippen LogP contribution in [-0.2, 0) is 13.1 Å². The van der Waals surface area contributed by atoms with Gasteiger partial charge in [0.25, 0.3) is 0 Å². The molecule has 0 bridgehead atoms. The molecule has 0 saturated heterocycles. The second kappa shape index (κ2) is 10.7. The molecule has 0 fully saturated rings. The highest BCUT2D eigenvalue weighted by molar-refractivity contribution is 14.0. The Bertz CT molecular complexity index is 944. The first kappa shape index (κ1) is 23.3. The molecule has 3 rings (SSSR count). The maximum Gasteiger partial charge on any atom is 0.191 e. The molecule has 0 aliphatic heterocycles. The van der Waals surface area contributed by atoms with Gasteiger partial charge in [-0.15, -0.1) is 35.3 Å². The van der Waals surface area contributed by atoms with Crippen molar-refractivity contribution < 1.29 is 0 Å². The average Bonchev–Trinajstić information content (AvgIpc) is 3.28. The monoisotopic (exact) mass is 525 g/mol. The number of hydrogen-bond donors (Lipinski definition) is 2. The van der Waals surface area contributed by atoms with Crippen LogP contribution >= 0.6 is 35.3 Å². The van der Waals surface area contributed by atoms with Gasteiger partial charge in [0.15, 0.2) is 11.8 Å². The number of nitrogens with one attached hydrogen (secondary N) is 2. The smallest absolute Gasteiger partial charge is 0.191 e. The molecule has 0 radical (unpaired) electrons. The SMILES string of the molecule is CN=C(NCc1ccc(-n2nc(C)cc2C)nc1)NCc1nc(C(C)C)cs1.I. The summed E-state index contributed by atoms with van der Waals surface area (Å²) in [4.78, 5) is 13.4. The third-order valence-electron chi connectivity index (χ3n) is 4.29. The van der Waals surface area contributed by atoms with Crippen molar-refractivity contribution in [3.63, 3.8) is 0 Å². The van der Waals surface area contributed by atoms with Gasteiger partial charge < -0.3 is 10.6 Å². The van der Waals surface area contributed by atoms with E-state index in [2.05, 4.69) is 56.0 Å². The molecule has 0 spiro atoms. The topological polar surface area (TPSA) is 80.0 Å². The molecule has 0 atom stereocenters. The zero-order chi connectivity index (χ0) is 20.1. The van der Waals surface area contributed by atoms with E-state index >= 15 is 0 Å². The quantitative estimate of drug-likeness (QED) is 0.290. The van der Waals surface area contributed by atoms with E-state index in [4.69, 9.17) is 0 Å². The number of aromatic nitrogens is 4. The van der Waals surface area contributed by atoms with Crippen LogP contribution in [0.3, 0.4) is 0 Å². The Hall–Kier alpha value is -2.01. The molecule has 0 aliphatic carbocycles. The number of thiazole rings is 1. The molecule has 29 heavy (non-hydrogen) atoms. The van der Waals surface area contributed by atoms with Crippen LogP contribution in [0, 0.1) is 13.8 Å². The molecular weight excluding hydrogens is 497 g/mol. The van der Waals surface area contributed by atoms with Crippen molar-refractivity contribution in [1.82, 2.24) is 30.4 Å². The number of halogens is 1. The number of aliphatic imine (C=N–C) groups is 1. The number of nitrogens with zero attached hydrogens (tertiary/aromatic N) is 5. The summed E-state index contributed by atoms with van der Waals surface area (Å²) in [6, 6.07) is 6.07. The predicted octanol–water partition coefficient (Wildman–Crippen LogP) is 3.95. The summed E-state index contributed by atoms with van der Waals surface area (Å²) in [5.74, 6) is 2.01. The Morgan fingerprint density at radius 1 is 1.21 bits per heavy atom. The van der Waals surface area contributed by atoms with Crippen LogP contribution in [0.4, 0.5) is 0 Å². The summed E-state index contributed by atoms with van der Waals surface area (Å²) in [5.41, 5.74) is 4.27. The summed E-state index contributed by atoms with van der Waals surface area (Å²) >= 11 is 1.67. The zero-order valence-electron chi connectivity index (χ0n) is 17.4. The number of rotatable bonds is 6. The lowest BCUT2D eigenvalue weighted by molar-refractivity contribution is 0.779. The number of aryl methyl sites for hydroxylation is 2. The molecule has 156 valence electrons. The van der Waals surface area contributed by atoms with Crippen molar-refractivity contribution in [1.29, 1.82) is 0 Å². The largest absolute Gasteiger partial charge is 0.352 e. The van der Waals surface area contributed by atoms with E-state index in [9.17, 15) is 0 Å². The molecule has 2 N–H and O–H groups in total. The summed E-state index contributed by atoms with van der Waals surface area (Å²) in [7, 11) is 1.76. The molecule has 0 unspecified atom stereocenters. The fourth-order valence-electron chi connectivity index (χ4n) is 2.74. The minimum Gasteiger partial charge on any atom is -0.352 e. The minimum atomic E-state index is 0. The fourth-order valence-corrected chi connectivity index (χ4v) is 3.64. The van der Waals surface area contributed by atoms with Crippen LogP contribution in [0.15, 0.2) is 34.8 Å². The van der Waals surface area contributed by atoms with Crippen LogP contribution in [0.25, 0.3) is 5.82 Å². The van der Waals surface area contributed by atoms with E-state index in [-0.39, 0.29) is 24.0 Å². The van der Waals surface area contributed by atoms with Crippen molar-refractivity contribution in [3.05, 3.63) is 57.4 Å². The van der Waals surface area contributed by atoms with Crippen molar-refractivity contribution >= 4 is 41.3 Å². The maximum atomic E-state index is 4.64. The maximum absolute atomic E-state index is 4.64. The van der Waals surface area contributed by atoms with Crippen molar-refractivity contribution in [2.75, 3.05) is 7.05 Å². The van der Waals surface area contributed by atoms with Gasteiger partial charge in [-0.2, -0.15) is 5.10 Å². The fraction of sp³-hybridized carbons (Fsp3) is 0.400. The summed E-state index contributed by atoms with van der Waals surface area (Å²) < 4.78 is 1.85. The van der Waals surface area contributed by atoms with Crippen LogP contribution in [0.2, 0.25) is 0 Å². The highest BCUT2D eigenvalue weighted by atomic mass is 127. The molecule has 0 saturated carbocycles. The van der Waals surface area contributed by atoms with Gasteiger partial charge in [0.1, 0.15) is 5.01 Å². The molecule has 9 heteroatoms. The van der Waals surface area contributed by atoms with Crippen LogP contribution in [0.5, 0.6) is 0 Å². The Labute approximate surface area is 193 Å². The Morgan fingerprint density at radius 3 is 2.52 bits per heavy atom. The Morgan fingerprint density at radius 2 is 1.97 bits per heavy atom. The predicted molar refractivity (Wildman–Crippen MR) is 129 cm³/mol. The molecule has 3 aromatic rings. The van der Waals surface area contributed by atoms with Crippen LogP contribution < -0.4 is 10.6 Å².